The van der Waals surface area contributed by atoms with Gasteiger partial charge < -0.3 is 10.7 Å². The fourth-order valence-corrected chi connectivity index (χ4v) is 2.44. The summed E-state index contributed by atoms with van der Waals surface area (Å²) in [5.41, 5.74) is 0. The maximum Gasteiger partial charge on any atom is 0.218 e. The molecule has 0 aliphatic carbocycles. The molecule has 1 aliphatic heterocycles. The molecular weight excluding hydrogens is 222 g/mol. The Morgan fingerprint density at radius 1 is 1.46 bits per heavy atom. The van der Waals surface area contributed by atoms with E-state index in [0.29, 0.717) is 0 Å². The molecule has 9 heteroatoms. The van der Waals surface area contributed by atoms with E-state index in [2.05, 4.69) is 4.18 Å². The van der Waals surface area contributed by atoms with E-state index in [1.54, 1.807) is 0 Å². The Hall–Kier alpha value is -0.480. The van der Waals surface area contributed by atoms with Crippen molar-refractivity contribution in [1.29, 1.82) is 0 Å². The second-order valence-electron chi connectivity index (χ2n) is 2.20. The smallest absolute Gasteiger partial charge is 0.218 e. The van der Waals surface area contributed by atoms with Crippen LogP contribution in [0, 0.1) is 0 Å². The summed E-state index contributed by atoms with van der Waals surface area (Å²) < 4.78 is 55.2. The molecule has 0 saturated heterocycles. The van der Waals surface area contributed by atoms with Gasteiger partial charge in [-0.3, -0.25) is 4.18 Å². The lowest BCUT2D eigenvalue weighted by molar-refractivity contribution is 0.232. The highest BCUT2D eigenvalue weighted by molar-refractivity contribution is 7.94. The third kappa shape index (κ3) is 4.33. The molecule has 7 nitrogen and oxygen atoms in total. The molecule has 13 heavy (non-hydrogen) atoms. The minimum atomic E-state index is -4.82. The number of hydrogen-bond donors (Lipinski definition) is 1. The first kappa shape index (κ1) is 12.5. The molecule has 0 aromatic carbocycles. The Labute approximate surface area is 75.9 Å². The molecule has 0 amide bonds. The van der Waals surface area contributed by atoms with Crippen LogP contribution in [0.25, 0.3) is 0 Å². The van der Waals surface area contributed by atoms with Crippen LogP contribution in [-0.2, 0) is 24.4 Å². The van der Waals surface area contributed by atoms with E-state index in [-0.39, 0.29) is 6.15 Å². The monoisotopic (exact) mass is 231 g/mol. The van der Waals surface area contributed by atoms with Crippen LogP contribution >= 0.6 is 0 Å². The van der Waals surface area contributed by atoms with Gasteiger partial charge in [-0.2, -0.15) is 0 Å². The van der Waals surface area contributed by atoms with E-state index in [4.69, 9.17) is 0 Å². The van der Waals surface area contributed by atoms with Crippen LogP contribution in [0.3, 0.4) is 0 Å². The molecule has 0 fully saturated rings. The first-order chi connectivity index (χ1) is 5.29. The normalized spacial score (nSPS) is 25.5. The van der Waals surface area contributed by atoms with Crippen LogP contribution < -0.4 is 6.15 Å². The lowest BCUT2D eigenvalue weighted by atomic mass is 10.4. The quantitative estimate of drug-likeness (QED) is 0.485. The fraction of sp³-hybridized carbons (Fsp3) is 0.500. The molecule has 1 rings (SSSR count). The van der Waals surface area contributed by atoms with Crippen LogP contribution in [0.15, 0.2) is 11.5 Å². The van der Waals surface area contributed by atoms with Crippen molar-refractivity contribution in [2.75, 3.05) is 5.75 Å². The fourth-order valence-electron chi connectivity index (χ4n) is 0.759. The van der Waals surface area contributed by atoms with Crippen molar-refractivity contribution in [2.24, 2.45) is 0 Å². The van der Waals surface area contributed by atoms with Gasteiger partial charge in [0.25, 0.3) is 0 Å². The number of sulfone groups is 1. The largest absolute Gasteiger partial charge is 0.726 e. The highest BCUT2D eigenvalue weighted by atomic mass is 32.3. The summed E-state index contributed by atoms with van der Waals surface area (Å²) in [5, 5.41) is 0.822. The summed E-state index contributed by atoms with van der Waals surface area (Å²) >= 11 is 0. The molecular formula is C4H9NO6S2. The van der Waals surface area contributed by atoms with Crippen molar-refractivity contribution in [2.45, 2.75) is 6.10 Å². The Morgan fingerprint density at radius 3 is 2.31 bits per heavy atom. The van der Waals surface area contributed by atoms with Gasteiger partial charge in [0.15, 0.2) is 9.84 Å². The number of rotatable bonds is 2. The molecule has 0 saturated carbocycles. The standard InChI is InChI=1S/C4H6O6S2.H3N/c5-11(6)2-1-4(3-11)10-12(7,8)9;/h1-2,4H,3H2,(H,7,8,9);1H3. The molecule has 1 atom stereocenters. The van der Waals surface area contributed by atoms with E-state index in [1.165, 1.54) is 0 Å². The van der Waals surface area contributed by atoms with E-state index in [0.717, 1.165) is 11.5 Å². The number of hydrogen-bond acceptors (Lipinski definition) is 6. The minimum absolute atomic E-state index is 0. The minimum Gasteiger partial charge on any atom is -0.726 e. The molecule has 1 aliphatic rings. The van der Waals surface area contributed by atoms with E-state index in [9.17, 15) is 21.4 Å². The van der Waals surface area contributed by atoms with Crippen molar-refractivity contribution in [3.8, 4) is 0 Å². The molecule has 1 heterocycles. The molecule has 0 bridgehead atoms. The predicted molar refractivity (Wildman–Crippen MR) is 43.5 cm³/mol. The third-order valence-electron chi connectivity index (χ3n) is 1.14. The summed E-state index contributed by atoms with van der Waals surface area (Å²) in [6.45, 7) is 0. The lowest BCUT2D eigenvalue weighted by Crippen LogP contribution is -2.19. The maximum atomic E-state index is 10.7. The average molecular weight is 231 g/mol. The molecule has 0 aromatic heterocycles. The van der Waals surface area contributed by atoms with Crippen molar-refractivity contribution >= 4 is 20.2 Å². The molecule has 4 N–H and O–H groups in total. The van der Waals surface area contributed by atoms with Gasteiger partial charge in [-0.15, -0.1) is 0 Å². The summed E-state index contributed by atoms with van der Waals surface area (Å²) in [6.07, 6.45) is -0.150. The molecule has 0 aromatic rings. The topological polar surface area (TPSA) is 137 Å². The van der Waals surface area contributed by atoms with Gasteiger partial charge in [0.05, 0.1) is 5.75 Å². The predicted octanol–water partition coefficient (Wildman–Crippen LogP) is -0.850. The lowest BCUT2D eigenvalue weighted by Gasteiger charge is -2.10. The second kappa shape index (κ2) is 3.72. The summed E-state index contributed by atoms with van der Waals surface area (Å²) in [7, 11) is -8.20. The van der Waals surface area contributed by atoms with E-state index in [1.807, 2.05) is 0 Å². The van der Waals surface area contributed by atoms with Gasteiger partial charge in [-0.05, 0) is 6.08 Å². The molecule has 1 unspecified atom stereocenters. The SMILES string of the molecule is O=S1(=O)C=CC(OS(=O)(=O)[O-])C1.[NH4+]. The number of quaternary nitrogens is 1. The molecule has 78 valence electrons. The van der Waals surface area contributed by atoms with Gasteiger partial charge in [0.2, 0.25) is 10.4 Å². The van der Waals surface area contributed by atoms with Gasteiger partial charge >= 0.3 is 0 Å². The Morgan fingerprint density at radius 2 is 2.00 bits per heavy atom. The van der Waals surface area contributed by atoms with E-state index >= 15 is 0 Å². The van der Waals surface area contributed by atoms with Crippen LogP contribution in [0.5, 0.6) is 0 Å². The van der Waals surface area contributed by atoms with Gasteiger partial charge in [0, 0.05) is 5.41 Å². The first-order valence-corrected chi connectivity index (χ1v) is 5.88. The van der Waals surface area contributed by atoms with E-state index < -0.39 is 32.1 Å². The van der Waals surface area contributed by atoms with Gasteiger partial charge in [-0.25, -0.2) is 16.8 Å². The zero-order valence-electron chi connectivity index (χ0n) is 6.71. The third-order valence-corrected chi connectivity index (χ3v) is 2.99. The van der Waals surface area contributed by atoms with Crippen molar-refractivity contribution < 1.29 is 25.6 Å². The molecule has 0 radical (unpaired) electrons. The highest BCUT2D eigenvalue weighted by Gasteiger charge is 2.23. The summed E-state index contributed by atoms with van der Waals surface area (Å²) in [5.74, 6) is -0.492. The first-order valence-electron chi connectivity index (χ1n) is 2.83. The highest BCUT2D eigenvalue weighted by Crippen LogP contribution is 2.12. The maximum absolute atomic E-state index is 10.7. The Bertz CT molecular complexity index is 392. The Balaban J connectivity index is 0.00000144. The van der Waals surface area contributed by atoms with Crippen LogP contribution in [0.2, 0.25) is 0 Å². The Kier molecular flexibility index (Phi) is 3.58. The van der Waals surface area contributed by atoms with Crippen LogP contribution in [0.4, 0.5) is 0 Å². The zero-order valence-corrected chi connectivity index (χ0v) is 8.34. The van der Waals surface area contributed by atoms with Crippen LogP contribution in [0.1, 0.15) is 0 Å². The van der Waals surface area contributed by atoms with Gasteiger partial charge in [-0.1, -0.05) is 0 Å². The average Bonchev–Trinajstić information content (AvgIpc) is 2.05. The van der Waals surface area contributed by atoms with Crippen molar-refractivity contribution in [1.82, 2.24) is 6.15 Å². The van der Waals surface area contributed by atoms with Crippen LogP contribution in [-0.4, -0.2) is 33.2 Å². The zero-order chi connectivity index (χ0) is 9.41. The van der Waals surface area contributed by atoms with Gasteiger partial charge in [0.1, 0.15) is 6.10 Å². The van der Waals surface area contributed by atoms with Crippen molar-refractivity contribution in [3.05, 3.63) is 11.5 Å². The van der Waals surface area contributed by atoms with Crippen molar-refractivity contribution in [3.63, 3.8) is 0 Å². The summed E-state index contributed by atoms with van der Waals surface area (Å²) in [4.78, 5) is 0. The summed E-state index contributed by atoms with van der Waals surface area (Å²) in [6, 6.07) is 0. The second-order valence-corrected chi connectivity index (χ2v) is 5.14. The molecule has 0 spiro atoms.